The summed E-state index contributed by atoms with van der Waals surface area (Å²) in [7, 11) is 1.62. The van der Waals surface area contributed by atoms with Crippen molar-refractivity contribution in [3.63, 3.8) is 0 Å². The zero-order chi connectivity index (χ0) is 15.4. The normalized spacial score (nSPS) is 11.8. The average Bonchev–Trinajstić information content (AvgIpc) is 2.47. The number of anilines is 1. The number of nitro benzene ring substituents is 1. The zero-order valence-corrected chi connectivity index (χ0v) is 12.4. The summed E-state index contributed by atoms with van der Waals surface area (Å²) in [5.74, 6) is 0.780. The third-order valence-electron chi connectivity index (χ3n) is 3.12. The number of benzene rings is 2. The first-order valence-electron chi connectivity index (χ1n) is 6.35. The maximum atomic E-state index is 10.7. The molecule has 2 aromatic carbocycles. The molecule has 0 aromatic heterocycles. The monoisotopic (exact) mass is 306 g/mol. The summed E-state index contributed by atoms with van der Waals surface area (Å²) < 4.78 is 5.19. The van der Waals surface area contributed by atoms with Crippen molar-refractivity contribution in [2.45, 2.75) is 13.0 Å². The van der Waals surface area contributed by atoms with Gasteiger partial charge < -0.3 is 10.1 Å². The molecule has 0 saturated heterocycles. The fraction of sp³-hybridized carbons (Fsp3) is 0.200. The van der Waals surface area contributed by atoms with Crippen molar-refractivity contribution in [3.05, 3.63) is 63.2 Å². The van der Waals surface area contributed by atoms with Gasteiger partial charge in [0.1, 0.15) is 10.8 Å². The molecule has 1 N–H and O–H groups in total. The van der Waals surface area contributed by atoms with E-state index in [2.05, 4.69) is 5.32 Å². The second-order valence-electron chi connectivity index (χ2n) is 4.57. The maximum Gasteiger partial charge on any atom is 0.288 e. The molecule has 2 rings (SSSR count). The molecule has 0 aliphatic carbocycles. The molecule has 0 aliphatic heterocycles. The Hall–Kier alpha value is -2.27. The molecule has 0 fully saturated rings. The topological polar surface area (TPSA) is 64.4 Å². The van der Waals surface area contributed by atoms with Crippen LogP contribution in [0.3, 0.4) is 0 Å². The van der Waals surface area contributed by atoms with Gasteiger partial charge in [0.2, 0.25) is 0 Å². The number of hydrogen-bond donors (Lipinski definition) is 1. The van der Waals surface area contributed by atoms with Crippen molar-refractivity contribution in [1.29, 1.82) is 0 Å². The summed E-state index contributed by atoms with van der Waals surface area (Å²) >= 11 is 5.90. The Kier molecular flexibility index (Phi) is 4.65. The predicted molar refractivity (Wildman–Crippen MR) is 83.1 cm³/mol. The molecule has 0 radical (unpaired) electrons. The molecule has 5 nitrogen and oxygen atoms in total. The number of nitro groups is 1. The van der Waals surface area contributed by atoms with Crippen LogP contribution in [0.5, 0.6) is 5.75 Å². The second-order valence-corrected chi connectivity index (χ2v) is 4.97. The lowest BCUT2D eigenvalue weighted by Crippen LogP contribution is -2.06. The molecule has 0 bridgehead atoms. The fourth-order valence-electron chi connectivity index (χ4n) is 1.99. The zero-order valence-electron chi connectivity index (χ0n) is 11.7. The van der Waals surface area contributed by atoms with Crippen LogP contribution in [0.2, 0.25) is 5.02 Å². The highest BCUT2D eigenvalue weighted by atomic mass is 35.5. The highest BCUT2D eigenvalue weighted by Crippen LogP contribution is 2.29. The van der Waals surface area contributed by atoms with E-state index in [4.69, 9.17) is 16.3 Å². The van der Waals surface area contributed by atoms with E-state index in [0.717, 1.165) is 17.0 Å². The largest absolute Gasteiger partial charge is 0.497 e. The summed E-state index contributed by atoms with van der Waals surface area (Å²) in [6.45, 7) is 1.99. The Balaban J connectivity index is 2.17. The quantitative estimate of drug-likeness (QED) is 0.655. The van der Waals surface area contributed by atoms with Crippen molar-refractivity contribution >= 4 is 23.0 Å². The second kappa shape index (κ2) is 6.45. The first kappa shape index (κ1) is 15.1. The van der Waals surface area contributed by atoms with Gasteiger partial charge in [-0.3, -0.25) is 10.1 Å². The van der Waals surface area contributed by atoms with Crippen molar-refractivity contribution in [3.8, 4) is 5.75 Å². The number of nitrogens with one attached hydrogen (secondary N) is 1. The molecule has 2 aromatic rings. The standard InChI is InChI=1S/C15H15ClN2O3/c1-10(11-4-3-5-13(8-11)21-2)17-12-6-7-15(18(19)20)14(16)9-12/h3-10,17H,1-2H3. The number of ether oxygens (including phenoxy) is 1. The Labute approximate surface area is 127 Å². The molecular weight excluding hydrogens is 292 g/mol. The van der Waals surface area contributed by atoms with E-state index in [9.17, 15) is 10.1 Å². The number of methoxy groups -OCH3 is 1. The van der Waals surface area contributed by atoms with Crippen LogP contribution >= 0.6 is 11.6 Å². The van der Waals surface area contributed by atoms with E-state index in [0.29, 0.717) is 0 Å². The first-order chi connectivity index (χ1) is 10.0. The van der Waals surface area contributed by atoms with Gasteiger partial charge in [-0.2, -0.15) is 0 Å². The summed E-state index contributed by atoms with van der Waals surface area (Å²) in [5, 5.41) is 14.1. The van der Waals surface area contributed by atoms with Crippen molar-refractivity contribution in [2.24, 2.45) is 0 Å². The summed E-state index contributed by atoms with van der Waals surface area (Å²) in [4.78, 5) is 10.2. The van der Waals surface area contributed by atoms with Gasteiger partial charge in [-0.1, -0.05) is 23.7 Å². The highest BCUT2D eigenvalue weighted by molar-refractivity contribution is 6.32. The highest BCUT2D eigenvalue weighted by Gasteiger charge is 2.13. The van der Waals surface area contributed by atoms with E-state index < -0.39 is 4.92 Å². The van der Waals surface area contributed by atoms with Crippen LogP contribution in [0, 0.1) is 10.1 Å². The van der Waals surface area contributed by atoms with Crippen LogP contribution in [0.1, 0.15) is 18.5 Å². The van der Waals surface area contributed by atoms with Crippen molar-refractivity contribution in [2.75, 3.05) is 12.4 Å². The summed E-state index contributed by atoms with van der Waals surface area (Å²) in [6.07, 6.45) is 0. The smallest absolute Gasteiger partial charge is 0.288 e. The van der Waals surface area contributed by atoms with Crippen LogP contribution in [0.15, 0.2) is 42.5 Å². The Bertz CT molecular complexity index is 661. The van der Waals surface area contributed by atoms with Gasteiger partial charge >= 0.3 is 0 Å². The number of halogens is 1. The third-order valence-corrected chi connectivity index (χ3v) is 3.42. The average molecular weight is 307 g/mol. The van der Waals surface area contributed by atoms with Crippen LogP contribution in [-0.2, 0) is 0 Å². The molecule has 1 unspecified atom stereocenters. The van der Waals surface area contributed by atoms with Crippen LogP contribution in [0.4, 0.5) is 11.4 Å². The predicted octanol–water partition coefficient (Wildman–Crippen LogP) is 4.43. The van der Waals surface area contributed by atoms with Gasteiger partial charge in [0.25, 0.3) is 5.69 Å². The Morgan fingerprint density at radius 1 is 1.29 bits per heavy atom. The Morgan fingerprint density at radius 2 is 2.05 bits per heavy atom. The maximum absolute atomic E-state index is 10.7. The van der Waals surface area contributed by atoms with Gasteiger partial charge in [0, 0.05) is 17.8 Å². The third kappa shape index (κ3) is 3.64. The number of hydrogen-bond acceptors (Lipinski definition) is 4. The van der Waals surface area contributed by atoms with Crippen LogP contribution < -0.4 is 10.1 Å². The van der Waals surface area contributed by atoms with E-state index in [-0.39, 0.29) is 16.8 Å². The molecule has 6 heteroatoms. The Morgan fingerprint density at radius 3 is 2.67 bits per heavy atom. The molecular formula is C15H15ClN2O3. The molecule has 1 atom stereocenters. The van der Waals surface area contributed by atoms with Gasteiger partial charge in [-0.15, -0.1) is 0 Å². The van der Waals surface area contributed by atoms with E-state index in [1.165, 1.54) is 6.07 Å². The molecule has 0 saturated carbocycles. The van der Waals surface area contributed by atoms with Gasteiger partial charge in [0.15, 0.2) is 0 Å². The van der Waals surface area contributed by atoms with Crippen molar-refractivity contribution < 1.29 is 9.66 Å². The lowest BCUT2D eigenvalue weighted by molar-refractivity contribution is -0.384. The summed E-state index contributed by atoms with van der Waals surface area (Å²) in [5.41, 5.74) is 1.67. The van der Waals surface area contributed by atoms with Gasteiger partial charge in [-0.05, 0) is 36.8 Å². The minimum Gasteiger partial charge on any atom is -0.497 e. The van der Waals surface area contributed by atoms with Crippen molar-refractivity contribution in [1.82, 2.24) is 0 Å². The van der Waals surface area contributed by atoms with E-state index >= 15 is 0 Å². The van der Waals surface area contributed by atoms with Gasteiger partial charge in [-0.25, -0.2) is 0 Å². The lowest BCUT2D eigenvalue weighted by Gasteiger charge is -2.16. The fourth-order valence-corrected chi connectivity index (χ4v) is 2.24. The number of rotatable bonds is 5. The van der Waals surface area contributed by atoms with Gasteiger partial charge in [0.05, 0.1) is 12.0 Å². The molecule has 21 heavy (non-hydrogen) atoms. The molecule has 0 heterocycles. The summed E-state index contributed by atoms with van der Waals surface area (Å²) in [6, 6.07) is 12.3. The van der Waals surface area contributed by atoms with Crippen LogP contribution in [-0.4, -0.2) is 12.0 Å². The molecule has 0 aliphatic rings. The first-order valence-corrected chi connectivity index (χ1v) is 6.73. The lowest BCUT2D eigenvalue weighted by atomic mass is 10.1. The number of nitrogens with zero attached hydrogens (tertiary/aromatic N) is 1. The van der Waals surface area contributed by atoms with E-state index in [1.54, 1.807) is 19.2 Å². The minimum absolute atomic E-state index is 0.0117. The SMILES string of the molecule is COc1cccc(C(C)Nc2ccc([N+](=O)[O-])c(Cl)c2)c1. The van der Waals surface area contributed by atoms with E-state index in [1.807, 2.05) is 31.2 Å². The molecule has 0 amide bonds. The molecule has 0 spiro atoms. The molecule has 110 valence electrons. The van der Waals surface area contributed by atoms with Crippen LogP contribution in [0.25, 0.3) is 0 Å². The minimum atomic E-state index is -0.502.